The summed E-state index contributed by atoms with van der Waals surface area (Å²) in [5, 5.41) is 2.54. The third-order valence-corrected chi connectivity index (χ3v) is 4.53. The standard InChI is InChI=1S/C17H18F4N4O/c1-24-11-8-22-14(24)16(18)6-9-25(10-7-16)15(26)23-13-4-2-12(3-5-13)17(19,20)21/h2-5,8,11H,6-7,9-10H2,1H3,(H,23,26). The van der Waals surface area contributed by atoms with Crippen molar-refractivity contribution in [1.82, 2.24) is 14.5 Å². The topological polar surface area (TPSA) is 50.2 Å². The first-order valence-corrected chi connectivity index (χ1v) is 8.09. The molecule has 1 fully saturated rings. The second kappa shape index (κ2) is 6.62. The maximum absolute atomic E-state index is 15.1. The van der Waals surface area contributed by atoms with Crippen LogP contribution in [0.3, 0.4) is 0 Å². The Morgan fingerprint density at radius 1 is 1.19 bits per heavy atom. The first-order valence-electron chi connectivity index (χ1n) is 8.09. The lowest BCUT2D eigenvalue weighted by molar-refractivity contribution is -0.137. The average Bonchev–Trinajstić information content (AvgIpc) is 3.02. The zero-order chi connectivity index (χ0) is 18.9. The number of nitrogens with zero attached hydrogens (tertiary/aromatic N) is 3. The van der Waals surface area contributed by atoms with Gasteiger partial charge in [0, 0.05) is 51.1 Å². The molecule has 0 unspecified atom stereocenters. The van der Waals surface area contributed by atoms with Crippen molar-refractivity contribution in [2.24, 2.45) is 7.05 Å². The quantitative estimate of drug-likeness (QED) is 0.815. The second-order valence-corrected chi connectivity index (χ2v) is 6.32. The summed E-state index contributed by atoms with van der Waals surface area (Å²) in [6.07, 6.45) is -1.01. The van der Waals surface area contributed by atoms with Crippen LogP contribution < -0.4 is 5.32 Å². The predicted octanol–water partition coefficient (Wildman–Crippen LogP) is 3.93. The summed E-state index contributed by atoms with van der Waals surface area (Å²) in [7, 11) is 1.72. The number of hydrogen-bond acceptors (Lipinski definition) is 2. The van der Waals surface area contributed by atoms with Gasteiger partial charge < -0.3 is 14.8 Å². The average molecular weight is 370 g/mol. The van der Waals surface area contributed by atoms with E-state index in [9.17, 15) is 18.0 Å². The number of hydrogen-bond donors (Lipinski definition) is 1. The number of rotatable bonds is 2. The van der Waals surface area contributed by atoms with E-state index in [2.05, 4.69) is 10.3 Å². The maximum atomic E-state index is 15.1. The Balaban J connectivity index is 1.60. The summed E-state index contributed by atoms with van der Waals surface area (Å²) < 4.78 is 54.4. The molecular weight excluding hydrogens is 352 g/mol. The minimum absolute atomic E-state index is 0.109. The van der Waals surface area contributed by atoms with E-state index in [1.807, 2.05) is 0 Å². The zero-order valence-electron chi connectivity index (χ0n) is 14.1. The van der Waals surface area contributed by atoms with Gasteiger partial charge in [0.05, 0.1) is 5.56 Å². The lowest BCUT2D eigenvalue weighted by Crippen LogP contribution is -2.45. The molecule has 3 rings (SSSR count). The van der Waals surface area contributed by atoms with Crippen molar-refractivity contribution in [1.29, 1.82) is 0 Å². The molecule has 0 saturated carbocycles. The number of carbonyl (C=O) groups excluding carboxylic acids is 1. The molecule has 0 bridgehead atoms. The fourth-order valence-corrected chi connectivity index (χ4v) is 3.03. The number of aryl methyl sites for hydroxylation is 1. The van der Waals surface area contributed by atoms with Crippen LogP contribution in [-0.4, -0.2) is 33.6 Å². The maximum Gasteiger partial charge on any atom is 0.416 e. The Morgan fingerprint density at radius 3 is 2.31 bits per heavy atom. The molecule has 0 radical (unpaired) electrons. The first-order chi connectivity index (χ1) is 12.2. The molecule has 0 atom stereocenters. The van der Waals surface area contributed by atoms with Gasteiger partial charge in [0.15, 0.2) is 5.67 Å². The Hall–Kier alpha value is -2.58. The van der Waals surface area contributed by atoms with Gasteiger partial charge in [0.1, 0.15) is 5.82 Å². The summed E-state index contributed by atoms with van der Waals surface area (Å²) >= 11 is 0. The lowest BCUT2D eigenvalue weighted by atomic mass is 9.92. The van der Waals surface area contributed by atoms with Crippen LogP contribution in [0, 0.1) is 0 Å². The van der Waals surface area contributed by atoms with Crippen LogP contribution in [0.25, 0.3) is 0 Å². The van der Waals surface area contributed by atoms with Gasteiger partial charge in [-0.1, -0.05) is 0 Å². The molecule has 26 heavy (non-hydrogen) atoms. The van der Waals surface area contributed by atoms with Crippen LogP contribution >= 0.6 is 0 Å². The molecule has 1 saturated heterocycles. The van der Waals surface area contributed by atoms with E-state index >= 15 is 4.39 Å². The van der Waals surface area contributed by atoms with Crippen LogP contribution in [0.5, 0.6) is 0 Å². The fourth-order valence-electron chi connectivity index (χ4n) is 3.03. The zero-order valence-corrected chi connectivity index (χ0v) is 14.1. The monoisotopic (exact) mass is 370 g/mol. The summed E-state index contributed by atoms with van der Waals surface area (Å²) in [6.45, 7) is 0.381. The summed E-state index contributed by atoms with van der Waals surface area (Å²) in [4.78, 5) is 17.8. The van der Waals surface area contributed by atoms with Gasteiger partial charge in [-0.3, -0.25) is 0 Å². The highest BCUT2D eigenvalue weighted by Gasteiger charge is 2.40. The number of imidazole rings is 1. The number of nitrogens with one attached hydrogen (secondary N) is 1. The number of halogens is 4. The number of aromatic nitrogens is 2. The summed E-state index contributed by atoms with van der Waals surface area (Å²) in [5.74, 6) is 0.334. The van der Waals surface area contributed by atoms with Crippen molar-refractivity contribution in [2.75, 3.05) is 18.4 Å². The molecule has 1 aliphatic rings. The molecule has 1 aromatic heterocycles. The second-order valence-electron chi connectivity index (χ2n) is 6.32. The predicted molar refractivity (Wildman–Crippen MR) is 87.3 cm³/mol. The number of likely N-dealkylation sites (tertiary alicyclic amines) is 1. The van der Waals surface area contributed by atoms with Crippen molar-refractivity contribution in [2.45, 2.75) is 24.7 Å². The SMILES string of the molecule is Cn1ccnc1C1(F)CCN(C(=O)Nc2ccc(C(F)(F)F)cc2)CC1. The molecular formula is C17H18F4N4O. The number of anilines is 1. The number of carbonyl (C=O) groups is 1. The Kier molecular flexibility index (Phi) is 4.64. The van der Waals surface area contributed by atoms with E-state index in [-0.39, 0.29) is 31.6 Å². The van der Waals surface area contributed by atoms with Crippen LogP contribution in [0.1, 0.15) is 24.2 Å². The Morgan fingerprint density at radius 2 is 1.81 bits per heavy atom. The molecule has 1 aliphatic heterocycles. The fraction of sp³-hybridized carbons (Fsp3) is 0.412. The van der Waals surface area contributed by atoms with Crippen LogP contribution in [0.4, 0.5) is 28.0 Å². The van der Waals surface area contributed by atoms with E-state index in [4.69, 9.17) is 0 Å². The Bertz CT molecular complexity index is 777. The van der Waals surface area contributed by atoms with Crippen LogP contribution in [-0.2, 0) is 18.9 Å². The molecule has 0 aliphatic carbocycles. The highest BCUT2D eigenvalue weighted by Crippen LogP contribution is 2.36. The van der Waals surface area contributed by atoms with E-state index in [1.165, 1.54) is 23.2 Å². The molecule has 1 N–H and O–H groups in total. The molecule has 0 spiro atoms. The molecule has 1 aromatic carbocycles. The van der Waals surface area contributed by atoms with Gasteiger partial charge in [-0.05, 0) is 24.3 Å². The number of piperidine rings is 1. The first kappa shape index (κ1) is 18.2. The van der Waals surface area contributed by atoms with Crippen LogP contribution in [0.2, 0.25) is 0 Å². The molecule has 2 heterocycles. The normalized spacial score (nSPS) is 17.2. The number of alkyl halides is 4. The molecule has 9 heteroatoms. The molecule has 2 amide bonds. The number of amides is 2. The molecule has 2 aromatic rings. The van der Waals surface area contributed by atoms with Crippen molar-refractivity contribution < 1.29 is 22.4 Å². The minimum atomic E-state index is -4.43. The van der Waals surface area contributed by atoms with E-state index in [1.54, 1.807) is 17.8 Å². The van der Waals surface area contributed by atoms with Crippen molar-refractivity contribution in [3.63, 3.8) is 0 Å². The third-order valence-electron chi connectivity index (χ3n) is 4.53. The van der Waals surface area contributed by atoms with Gasteiger partial charge >= 0.3 is 12.2 Å². The van der Waals surface area contributed by atoms with Crippen LogP contribution in [0.15, 0.2) is 36.7 Å². The van der Waals surface area contributed by atoms with Gasteiger partial charge in [0.2, 0.25) is 0 Å². The van der Waals surface area contributed by atoms with E-state index < -0.39 is 23.4 Å². The molecule has 140 valence electrons. The summed E-state index contributed by atoms with van der Waals surface area (Å²) in [5.41, 5.74) is -2.13. The van der Waals surface area contributed by atoms with Gasteiger partial charge in [0.25, 0.3) is 0 Å². The van der Waals surface area contributed by atoms with Crippen molar-refractivity contribution in [3.05, 3.63) is 48.0 Å². The van der Waals surface area contributed by atoms with Crippen molar-refractivity contribution in [3.8, 4) is 0 Å². The largest absolute Gasteiger partial charge is 0.416 e. The number of urea groups is 1. The van der Waals surface area contributed by atoms with Gasteiger partial charge in [-0.25, -0.2) is 14.2 Å². The summed E-state index contributed by atoms with van der Waals surface area (Å²) in [6, 6.07) is 3.72. The van der Waals surface area contributed by atoms with Crippen molar-refractivity contribution >= 4 is 11.7 Å². The Labute approximate surface area is 147 Å². The smallest absolute Gasteiger partial charge is 0.335 e. The lowest BCUT2D eigenvalue weighted by Gasteiger charge is -2.35. The van der Waals surface area contributed by atoms with Gasteiger partial charge in [-0.2, -0.15) is 13.2 Å². The van der Waals surface area contributed by atoms with E-state index in [0.717, 1.165) is 12.1 Å². The van der Waals surface area contributed by atoms with Gasteiger partial charge in [-0.15, -0.1) is 0 Å². The minimum Gasteiger partial charge on any atom is -0.335 e. The highest BCUT2D eigenvalue weighted by atomic mass is 19.4. The highest BCUT2D eigenvalue weighted by molar-refractivity contribution is 5.89. The van der Waals surface area contributed by atoms with E-state index in [0.29, 0.717) is 5.82 Å². The third kappa shape index (κ3) is 3.66. The molecule has 5 nitrogen and oxygen atoms in total. The number of benzene rings is 1.